The van der Waals surface area contributed by atoms with Gasteiger partial charge in [-0.05, 0) is 30.5 Å². The van der Waals surface area contributed by atoms with Crippen molar-refractivity contribution in [2.24, 2.45) is 0 Å². The van der Waals surface area contributed by atoms with Crippen molar-refractivity contribution in [2.75, 3.05) is 13.6 Å². The molecule has 0 aliphatic carbocycles. The van der Waals surface area contributed by atoms with Crippen molar-refractivity contribution >= 4 is 21.8 Å². The molecule has 1 atom stereocenters. The summed E-state index contributed by atoms with van der Waals surface area (Å²) in [7, 11) is 1.68. The van der Waals surface area contributed by atoms with Gasteiger partial charge in [0.05, 0.1) is 6.54 Å². The van der Waals surface area contributed by atoms with Gasteiger partial charge in [0.15, 0.2) is 0 Å². The van der Waals surface area contributed by atoms with Crippen LogP contribution in [0.1, 0.15) is 18.1 Å². The van der Waals surface area contributed by atoms with E-state index in [1.165, 1.54) is 15.6 Å². The number of rotatable bonds is 2. The number of fused-ring (bicyclic) bond motifs is 1. The normalized spacial score (nSPS) is 19.8. The minimum Gasteiger partial charge on any atom is -0.358 e. The third kappa shape index (κ3) is 2.69. The second-order valence-corrected chi connectivity index (χ2v) is 5.36. The molecule has 0 spiro atoms. The van der Waals surface area contributed by atoms with Crippen molar-refractivity contribution in [3.8, 4) is 0 Å². The van der Waals surface area contributed by atoms with Gasteiger partial charge in [-0.15, -0.1) is 0 Å². The number of benzene rings is 1. The van der Waals surface area contributed by atoms with Crippen LogP contribution in [0.4, 0.5) is 0 Å². The van der Waals surface area contributed by atoms with E-state index in [2.05, 4.69) is 51.3 Å². The Hall–Kier alpha value is -0.870. The summed E-state index contributed by atoms with van der Waals surface area (Å²) in [4.78, 5) is 13.7. The molecule has 1 heterocycles. The fourth-order valence-corrected chi connectivity index (χ4v) is 2.82. The first-order valence-corrected chi connectivity index (χ1v) is 6.62. The molecular weight excluding hydrogens is 280 g/mol. The molecular formula is C13H17BrN2O. The molecule has 1 aromatic carbocycles. The molecule has 1 aliphatic heterocycles. The lowest BCUT2D eigenvalue weighted by Gasteiger charge is -2.34. The lowest BCUT2D eigenvalue weighted by atomic mass is 9.95. The molecule has 0 bridgehead atoms. The fourth-order valence-electron chi connectivity index (χ4n) is 2.25. The van der Waals surface area contributed by atoms with E-state index in [4.69, 9.17) is 0 Å². The first kappa shape index (κ1) is 12.6. The van der Waals surface area contributed by atoms with Crippen LogP contribution in [0.5, 0.6) is 0 Å². The van der Waals surface area contributed by atoms with E-state index in [1.807, 2.05) is 0 Å². The molecule has 0 fully saturated rings. The zero-order chi connectivity index (χ0) is 12.4. The number of carbonyl (C=O) groups excluding carboxylic acids is 1. The van der Waals surface area contributed by atoms with Crippen LogP contribution in [0.2, 0.25) is 0 Å². The first-order valence-electron chi connectivity index (χ1n) is 5.82. The molecule has 1 amide bonds. The highest BCUT2D eigenvalue weighted by Crippen LogP contribution is 2.28. The van der Waals surface area contributed by atoms with Gasteiger partial charge in [-0.25, -0.2) is 0 Å². The molecule has 4 heteroatoms. The monoisotopic (exact) mass is 296 g/mol. The average Bonchev–Trinajstić information content (AvgIpc) is 2.31. The van der Waals surface area contributed by atoms with Crippen molar-refractivity contribution in [3.05, 3.63) is 33.8 Å². The minimum absolute atomic E-state index is 0.0790. The van der Waals surface area contributed by atoms with Crippen LogP contribution in [-0.2, 0) is 17.8 Å². The number of likely N-dealkylation sites (N-methyl/N-ethyl adjacent to an activating group) is 1. The fraction of sp³-hybridized carbons (Fsp3) is 0.462. The van der Waals surface area contributed by atoms with E-state index < -0.39 is 0 Å². The smallest absolute Gasteiger partial charge is 0.233 e. The molecule has 1 unspecified atom stereocenters. The van der Waals surface area contributed by atoms with Crippen molar-refractivity contribution in [1.29, 1.82) is 0 Å². The topological polar surface area (TPSA) is 32.3 Å². The number of amides is 1. The van der Waals surface area contributed by atoms with Crippen LogP contribution < -0.4 is 5.32 Å². The number of nitrogens with one attached hydrogen (secondary N) is 1. The van der Waals surface area contributed by atoms with E-state index in [9.17, 15) is 4.79 Å². The van der Waals surface area contributed by atoms with Gasteiger partial charge >= 0.3 is 0 Å². The van der Waals surface area contributed by atoms with E-state index in [1.54, 1.807) is 7.05 Å². The summed E-state index contributed by atoms with van der Waals surface area (Å²) >= 11 is 3.60. The molecule has 1 N–H and O–H groups in total. The van der Waals surface area contributed by atoms with E-state index >= 15 is 0 Å². The summed E-state index contributed by atoms with van der Waals surface area (Å²) in [6.07, 6.45) is 0.994. The highest BCUT2D eigenvalue weighted by Gasteiger charge is 2.25. The summed E-state index contributed by atoms with van der Waals surface area (Å²) < 4.78 is 1.18. The second kappa shape index (κ2) is 5.19. The predicted molar refractivity (Wildman–Crippen MR) is 71.8 cm³/mol. The Balaban J connectivity index is 2.18. The number of nitrogens with zero attached hydrogens (tertiary/aromatic N) is 1. The lowest BCUT2D eigenvalue weighted by molar-refractivity contribution is -0.122. The Morgan fingerprint density at radius 2 is 2.35 bits per heavy atom. The van der Waals surface area contributed by atoms with E-state index in [0.717, 1.165) is 13.0 Å². The van der Waals surface area contributed by atoms with Crippen LogP contribution >= 0.6 is 15.9 Å². The highest BCUT2D eigenvalue weighted by molar-refractivity contribution is 9.10. The van der Waals surface area contributed by atoms with Gasteiger partial charge in [0.25, 0.3) is 0 Å². The molecule has 92 valence electrons. The molecule has 0 radical (unpaired) electrons. The van der Waals surface area contributed by atoms with Gasteiger partial charge in [-0.2, -0.15) is 0 Å². The molecule has 2 rings (SSSR count). The lowest BCUT2D eigenvalue weighted by Crippen LogP contribution is -2.44. The molecule has 1 aromatic rings. The number of carbonyl (C=O) groups is 1. The van der Waals surface area contributed by atoms with Gasteiger partial charge in [-0.1, -0.05) is 28.1 Å². The van der Waals surface area contributed by atoms with Crippen LogP contribution in [0.15, 0.2) is 22.7 Å². The average molecular weight is 297 g/mol. The molecule has 17 heavy (non-hydrogen) atoms. The molecule has 3 nitrogen and oxygen atoms in total. The molecule has 0 saturated carbocycles. The van der Waals surface area contributed by atoms with E-state index in [0.29, 0.717) is 12.6 Å². The molecule has 1 aliphatic rings. The van der Waals surface area contributed by atoms with Crippen LogP contribution in [0.3, 0.4) is 0 Å². The van der Waals surface area contributed by atoms with Crippen LogP contribution in [-0.4, -0.2) is 30.4 Å². The van der Waals surface area contributed by atoms with Crippen LogP contribution in [0.25, 0.3) is 0 Å². The van der Waals surface area contributed by atoms with Crippen molar-refractivity contribution in [2.45, 2.75) is 25.9 Å². The number of hydrogen-bond acceptors (Lipinski definition) is 2. The quantitative estimate of drug-likeness (QED) is 0.905. The third-order valence-electron chi connectivity index (χ3n) is 3.34. The van der Waals surface area contributed by atoms with Gasteiger partial charge in [0.2, 0.25) is 5.91 Å². The van der Waals surface area contributed by atoms with Gasteiger partial charge in [-0.3, -0.25) is 9.69 Å². The summed E-state index contributed by atoms with van der Waals surface area (Å²) in [6, 6.07) is 6.68. The molecule has 0 aromatic heterocycles. The second-order valence-electron chi connectivity index (χ2n) is 4.51. The Morgan fingerprint density at radius 1 is 1.59 bits per heavy atom. The van der Waals surface area contributed by atoms with Gasteiger partial charge in [0, 0.05) is 24.1 Å². The Labute approximate surface area is 110 Å². The Morgan fingerprint density at radius 3 is 3.06 bits per heavy atom. The van der Waals surface area contributed by atoms with Crippen molar-refractivity contribution in [1.82, 2.24) is 10.2 Å². The summed E-state index contributed by atoms with van der Waals surface area (Å²) in [5.41, 5.74) is 2.70. The summed E-state index contributed by atoms with van der Waals surface area (Å²) in [5.74, 6) is 0.0790. The highest BCUT2D eigenvalue weighted by atomic mass is 79.9. The number of hydrogen-bond donors (Lipinski definition) is 1. The van der Waals surface area contributed by atoms with E-state index in [-0.39, 0.29) is 5.91 Å². The van der Waals surface area contributed by atoms with Crippen molar-refractivity contribution < 1.29 is 4.79 Å². The maximum absolute atomic E-state index is 11.4. The predicted octanol–water partition coefficient (Wildman–Crippen LogP) is 1.94. The summed E-state index contributed by atoms with van der Waals surface area (Å²) in [6.45, 7) is 3.50. The standard InChI is InChI=1S/C13H17BrN2O/c1-9-6-11-10(4-3-5-12(11)14)7-16(9)8-13(17)15-2/h3-5,9H,6-8H2,1-2H3,(H,15,17). The number of halogens is 1. The Bertz CT molecular complexity index is 433. The minimum atomic E-state index is 0.0790. The zero-order valence-electron chi connectivity index (χ0n) is 10.2. The maximum atomic E-state index is 11.4. The SMILES string of the molecule is CNC(=O)CN1Cc2cccc(Br)c2CC1C. The molecule has 0 saturated heterocycles. The first-order chi connectivity index (χ1) is 8.11. The Kier molecular flexibility index (Phi) is 3.84. The zero-order valence-corrected chi connectivity index (χ0v) is 11.8. The third-order valence-corrected chi connectivity index (χ3v) is 4.08. The van der Waals surface area contributed by atoms with Gasteiger partial charge < -0.3 is 5.32 Å². The van der Waals surface area contributed by atoms with Crippen molar-refractivity contribution in [3.63, 3.8) is 0 Å². The largest absolute Gasteiger partial charge is 0.358 e. The maximum Gasteiger partial charge on any atom is 0.233 e. The van der Waals surface area contributed by atoms with Gasteiger partial charge in [0.1, 0.15) is 0 Å². The summed E-state index contributed by atoms with van der Waals surface area (Å²) in [5, 5.41) is 2.68. The van der Waals surface area contributed by atoms with Crippen LogP contribution in [0, 0.1) is 0 Å².